The molecule has 2 aromatic rings. The van der Waals surface area contributed by atoms with Crippen LogP contribution >= 0.6 is 11.6 Å². The number of aliphatic carboxylic acids is 1. The summed E-state index contributed by atoms with van der Waals surface area (Å²) < 4.78 is 5.47. The van der Waals surface area contributed by atoms with E-state index in [1.165, 1.54) is 0 Å². The van der Waals surface area contributed by atoms with Gasteiger partial charge in [-0.05, 0) is 43.7 Å². The van der Waals surface area contributed by atoms with Crippen molar-refractivity contribution in [2.45, 2.75) is 25.4 Å². The Balaban J connectivity index is 1.73. The maximum absolute atomic E-state index is 11.2. The number of benzene rings is 1. The van der Waals surface area contributed by atoms with Gasteiger partial charge in [0.2, 0.25) is 5.89 Å². The van der Waals surface area contributed by atoms with Crippen LogP contribution in [-0.2, 0) is 11.3 Å². The molecule has 1 fully saturated rings. The van der Waals surface area contributed by atoms with Crippen LogP contribution in [0.2, 0.25) is 5.02 Å². The highest BCUT2D eigenvalue weighted by Crippen LogP contribution is 2.23. The minimum atomic E-state index is -0.770. The average Bonchev–Trinajstić information content (AvgIpc) is 3.09. The lowest BCUT2D eigenvalue weighted by molar-refractivity contribution is -0.142. The third-order valence-electron chi connectivity index (χ3n) is 3.66. The van der Waals surface area contributed by atoms with Crippen LogP contribution in [0.4, 0.5) is 0 Å². The van der Waals surface area contributed by atoms with Crippen molar-refractivity contribution in [2.75, 3.05) is 6.54 Å². The predicted octanol–water partition coefficient (Wildman–Crippen LogP) is 3.04. The molecule has 2 heterocycles. The fraction of sp³-hybridized carbons (Fsp3) is 0.333. The van der Waals surface area contributed by atoms with Crippen LogP contribution in [0.25, 0.3) is 11.5 Å². The van der Waals surface area contributed by atoms with E-state index in [0.29, 0.717) is 23.9 Å². The Morgan fingerprint density at radius 3 is 2.90 bits per heavy atom. The lowest BCUT2D eigenvalue weighted by Gasteiger charge is -2.19. The Morgan fingerprint density at radius 1 is 1.43 bits per heavy atom. The first-order valence-corrected chi connectivity index (χ1v) is 7.18. The van der Waals surface area contributed by atoms with Gasteiger partial charge in [0.25, 0.3) is 0 Å². The number of hydrogen-bond acceptors (Lipinski definition) is 4. The van der Waals surface area contributed by atoms with Crippen LogP contribution in [0.15, 0.2) is 34.9 Å². The van der Waals surface area contributed by atoms with Crippen molar-refractivity contribution >= 4 is 17.6 Å². The van der Waals surface area contributed by atoms with E-state index < -0.39 is 12.0 Å². The first-order valence-electron chi connectivity index (χ1n) is 6.80. The Bertz CT molecular complexity index is 639. The number of aromatic nitrogens is 1. The van der Waals surface area contributed by atoms with Gasteiger partial charge in [-0.1, -0.05) is 11.6 Å². The molecule has 0 bridgehead atoms. The maximum atomic E-state index is 11.2. The molecule has 0 amide bonds. The van der Waals surface area contributed by atoms with Gasteiger partial charge in [0.15, 0.2) is 0 Å². The molecular weight excluding hydrogens is 292 g/mol. The molecule has 6 heteroatoms. The molecular formula is C15H15ClN2O3. The number of hydrogen-bond donors (Lipinski definition) is 1. The Morgan fingerprint density at radius 2 is 2.19 bits per heavy atom. The van der Waals surface area contributed by atoms with Gasteiger partial charge in [-0.15, -0.1) is 0 Å². The summed E-state index contributed by atoms with van der Waals surface area (Å²) in [4.78, 5) is 17.5. The van der Waals surface area contributed by atoms with Gasteiger partial charge in [-0.2, -0.15) is 0 Å². The summed E-state index contributed by atoms with van der Waals surface area (Å²) in [6.45, 7) is 1.27. The van der Waals surface area contributed by atoms with Gasteiger partial charge in [0.05, 0.1) is 5.69 Å². The standard InChI is InChI=1S/C15H15ClN2O3/c16-11-5-3-10(4-6-11)14-17-12(9-21-14)8-18-7-1-2-13(18)15(19)20/h3-6,9,13H,1-2,7-8H2,(H,19,20)/t13-/m0/s1. The number of halogens is 1. The number of oxazole rings is 1. The van der Waals surface area contributed by atoms with Gasteiger partial charge >= 0.3 is 5.97 Å². The molecule has 5 nitrogen and oxygen atoms in total. The Kier molecular flexibility index (Phi) is 3.94. The fourth-order valence-corrected chi connectivity index (χ4v) is 2.73. The molecule has 1 aromatic carbocycles. The molecule has 0 aliphatic carbocycles. The molecule has 0 spiro atoms. The van der Waals surface area contributed by atoms with E-state index in [1.807, 2.05) is 17.0 Å². The SMILES string of the molecule is O=C(O)[C@@H]1CCCN1Cc1coc(-c2ccc(Cl)cc2)n1. The molecule has 0 radical (unpaired) electrons. The van der Waals surface area contributed by atoms with Crippen molar-refractivity contribution in [3.8, 4) is 11.5 Å². The van der Waals surface area contributed by atoms with Crippen molar-refractivity contribution in [1.29, 1.82) is 0 Å². The van der Waals surface area contributed by atoms with E-state index in [2.05, 4.69) is 4.98 Å². The van der Waals surface area contributed by atoms with Gasteiger partial charge in [0, 0.05) is 17.1 Å². The first kappa shape index (κ1) is 14.1. The van der Waals surface area contributed by atoms with Crippen LogP contribution < -0.4 is 0 Å². The molecule has 110 valence electrons. The third-order valence-corrected chi connectivity index (χ3v) is 3.91. The molecule has 1 N–H and O–H groups in total. The number of carbonyl (C=O) groups is 1. The second-order valence-corrected chi connectivity index (χ2v) is 5.55. The van der Waals surface area contributed by atoms with Crippen molar-refractivity contribution < 1.29 is 14.3 Å². The van der Waals surface area contributed by atoms with E-state index in [-0.39, 0.29) is 0 Å². The monoisotopic (exact) mass is 306 g/mol. The highest BCUT2D eigenvalue weighted by Gasteiger charge is 2.30. The van der Waals surface area contributed by atoms with Crippen molar-refractivity contribution in [2.24, 2.45) is 0 Å². The minimum absolute atomic E-state index is 0.416. The van der Waals surface area contributed by atoms with Crippen LogP contribution in [0.1, 0.15) is 18.5 Å². The first-order chi connectivity index (χ1) is 10.1. The van der Waals surface area contributed by atoms with Crippen molar-refractivity contribution in [3.05, 3.63) is 41.2 Å². The lowest BCUT2D eigenvalue weighted by atomic mass is 10.2. The van der Waals surface area contributed by atoms with Crippen LogP contribution in [-0.4, -0.2) is 33.5 Å². The lowest BCUT2D eigenvalue weighted by Crippen LogP contribution is -2.35. The second-order valence-electron chi connectivity index (χ2n) is 5.12. The number of nitrogens with zero attached hydrogens (tertiary/aromatic N) is 2. The minimum Gasteiger partial charge on any atom is -0.480 e. The van der Waals surface area contributed by atoms with Gasteiger partial charge in [-0.3, -0.25) is 9.69 Å². The molecule has 1 aliphatic heterocycles. The quantitative estimate of drug-likeness (QED) is 0.940. The van der Waals surface area contributed by atoms with Gasteiger partial charge in [0.1, 0.15) is 12.3 Å². The zero-order chi connectivity index (χ0) is 14.8. The van der Waals surface area contributed by atoms with Crippen molar-refractivity contribution in [3.63, 3.8) is 0 Å². The van der Waals surface area contributed by atoms with E-state index in [9.17, 15) is 9.90 Å². The second kappa shape index (κ2) is 5.87. The molecule has 21 heavy (non-hydrogen) atoms. The summed E-state index contributed by atoms with van der Waals surface area (Å²) in [7, 11) is 0. The summed E-state index contributed by atoms with van der Waals surface area (Å²) in [5.41, 5.74) is 1.59. The molecule has 1 saturated heterocycles. The Labute approximate surface area is 127 Å². The zero-order valence-electron chi connectivity index (χ0n) is 11.3. The van der Waals surface area contributed by atoms with Crippen LogP contribution in [0.5, 0.6) is 0 Å². The van der Waals surface area contributed by atoms with E-state index in [0.717, 1.165) is 24.2 Å². The molecule has 3 rings (SSSR count). The molecule has 0 unspecified atom stereocenters. The summed E-state index contributed by atoms with van der Waals surface area (Å²) in [6.07, 6.45) is 3.18. The number of rotatable bonds is 4. The fourth-order valence-electron chi connectivity index (χ4n) is 2.61. The largest absolute Gasteiger partial charge is 0.480 e. The summed E-state index contributed by atoms with van der Waals surface area (Å²) in [6, 6.07) is 6.83. The zero-order valence-corrected chi connectivity index (χ0v) is 12.1. The molecule has 0 saturated carbocycles. The molecule has 1 atom stereocenters. The van der Waals surface area contributed by atoms with E-state index in [4.69, 9.17) is 16.0 Å². The number of carboxylic acid groups (broad SMARTS) is 1. The highest BCUT2D eigenvalue weighted by molar-refractivity contribution is 6.30. The topological polar surface area (TPSA) is 66.6 Å². The molecule has 1 aliphatic rings. The number of carboxylic acids is 1. The Hall–Kier alpha value is -1.85. The normalized spacial score (nSPS) is 19.0. The van der Waals surface area contributed by atoms with E-state index >= 15 is 0 Å². The third kappa shape index (κ3) is 3.09. The van der Waals surface area contributed by atoms with Crippen LogP contribution in [0.3, 0.4) is 0 Å². The van der Waals surface area contributed by atoms with Gasteiger partial charge < -0.3 is 9.52 Å². The highest BCUT2D eigenvalue weighted by atomic mass is 35.5. The molecule has 1 aromatic heterocycles. The van der Waals surface area contributed by atoms with Crippen molar-refractivity contribution in [1.82, 2.24) is 9.88 Å². The summed E-state index contributed by atoms with van der Waals surface area (Å²) in [5, 5.41) is 9.83. The maximum Gasteiger partial charge on any atom is 0.320 e. The van der Waals surface area contributed by atoms with Gasteiger partial charge in [-0.25, -0.2) is 4.98 Å². The predicted molar refractivity (Wildman–Crippen MR) is 78.0 cm³/mol. The smallest absolute Gasteiger partial charge is 0.320 e. The summed E-state index contributed by atoms with van der Waals surface area (Å²) >= 11 is 5.85. The summed E-state index contributed by atoms with van der Waals surface area (Å²) in [5.74, 6) is -0.248. The average molecular weight is 307 g/mol. The van der Waals surface area contributed by atoms with E-state index in [1.54, 1.807) is 18.4 Å². The number of likely N-dealkylation sites (tertiary alicyclic amines) is 1. The van der Waals surface area contributed by atoms with Crippen LogP contribution in [0, 0.1) is 0 Å².